The van der Waals surface area contributed by atoms with Crippen LogP contribution in [0.25, 0.3) is 0 Å². The van der Waals surface area contributed by atoms with Gasteiger partial charge in [-0.2, -0.15) is 5.10 Å². The highest BCUT2D eigenvalue weighted by Gasteiger charge is 2.27. The van der Waals surface area contributed by atoms with Gasteiger partial charge in [-0.3, -0.25) is 10.2 Å². The van der Waals surface area contributed by atoms with Gasteiger partial charge in [-0.1, -0.05) is 42.1 Å². The van der Waals surface area contributed by atoms with E-state index in [0.29, 0.717) is 4.91 Å². The van der Waals surface area contributed by atoms with Crippen LogP contribution in [0.3, 0.4) is 0 Å². The van der Waals surface area contributed by atoms with Gasteiger partial charge in [-0.25, -0.2) is 4.79 Å². The molecule has 7 heteroatoms. The van der Waals surface area contributed by atoms with Crippen molar-refractivity contribution in [1.29, 1.82) is 0 Å². The average molecular weight is 291 g/mol. The van der Waals surface area contributed by atoms with Crippen LogP contribution in [-0.4, -0.2) is 30.7 Å². The van der Waals surface area contributed by atoms with E-state index in [1.54, 1.807) is 6.21 Å². The SMILES string of the molecule is COC(=O)/C=C1\S[C@H](N/N=C\c2ccccc2)NC1=O. The van der Waals surface area contributed by atoms with Crippen LogP contribution in [0.2, 0.25) is 0 Å². The summed E-state index contributed by atoms with van der Waals surface area (Å²) in [6.07, 6.45) is 2.80. The molecule has 2 rings (SSSR count). The lowest BCUT2D eigenvalue weighted by Crippen LogP contribution is -2.34. The molecule has 20 heavy (non-hydrogen) atoms. The van der Waals surface area contributed by atoms with Crippen LogP contribution in [-0.2, 0) is 14.3 Å². The second kappa shape index (κ2) is 6.76. The Kier molecular flexibility index (Phi) is 4.78. The number of amides is 1. The number of nitrogens with one attached hydrogen (secondary N) is 2. The Labute approximate surface area is 120 Å². The quantitative estimate of drug-likeness (QED) is 0.371. The molecule has 1 aromatic rings. The van der Waals surface area contributed by atoms with Crippen LogP contribution in [0.4, 0.5) is 0 Å². The molecule has 1 aromatic carbocycles. The van der Waals surface area contributed by atoms with Crippen LogP contribution in [0.5, 0.6) is 0 Å². The third-order valence-electron chi connectivity index (χ3n) is 2.39. The highest BCUT2D eigenvalue weighted by atomic mass is 32.2. The van der Waals surface area contributed by atoms with Crippen molar-refractivity contribution in [3.05, 3.63) is 46.9 Å². The Morgan fingerprint density at radius 3 is 2.90 bits per heavy atom. The van der Waals surface area contributed by atoms with Crippen molar-refractivity contribution in [3.8, 4) is 0 Å². The minimum atomic E-state index is -0.559. The molecule has 1 fully saturated rings. The molecule has 1 saturated heterocycles. The molecule has 2 N–H and O–H groups in total. The zero-order valence-electron chi connectivity index (χ0n) is 10.7. The zero-order valence-corrected chi connectivity index (χ0v) is 11.5. The summed E-state index contributed by atoms with van der Waals surface area (Å²) in [5, 5.41) is 6.68. The smallest absolute Gasteiger partial charge is 0.331 e. The summed E-state index contributed by atoms with van der Waals surface area (Å²) >= 11 is 1.17. The van der Waals surface area contributed by atoms with Gasteiger partial charge in [0.05, 0.1) is 18.2 Å². The zero-order chi connectivity index (χ0) is 14.4. The van der Waals surface area contributed by atoms with E-state index < -0.39 is 11.5 Å². The van der Waals surface area contributed by atoms with Gasteiger partial charge in [-0.05, 0) is 5.56 Å². The van der Waals surface area contributed by atoms with Crippen LogP contribution < -0.4 is 10.7 Å². The third kappa shape index (κ3) is 3.86. The molecule has 0 radical (unpaired) electrons. The molecule has 1 amide bonds. The Balaban J connectivity index is 1.90. The van der Waals surface area contributed by atoms with Gasteiger partial charge in [0, 0.05) is 6.08 Å². The molecular formula is C13H13N3O3S. The monoisotopic (exact) mass is 291 g/mol. The first-order valence-corrected chi connectivity index (χ1v) is 6.68. The van der Waals surface area contributed by atoms with Gasteiger partial charge in [0.1, 0.15) is 0 Å². The Morgan fingerprint density at radius 1 is 1.45 bits per heavy atom. The number of esters is 1. The van der Waals surface area contributed by atoms with Crippen molar-refractivity contribution in [2.45, 2.75) is 5.50 Å². The number of hydrazone groups is 1. The fourth-order valence-electron chi connectivity index (χ4n) is 1.44. The molecule has 6 nitrogen and oxygen atoms in total. The van der Waals surface area contributed by atoms with E-state index in [2.05, 4.69) is 20.6 Å². The molecule has 0 aliphatic carbocycles. The first kappa shape index (κ1) is 14.1. The number of carbonyl (C=O) groups excluding carboxylic acids is 2. The summed E-state index contributed by atoms with van der Waals surface area (Å²) in [5.74, 6) is -0.885. The van der Waals surface area contributed by atoms with Crippen molar-refractivity contribution in [2.24, 2.45) is 5.10 Å². The molecule has 0 aromatic heterocycles. The number of methoxy groups -OCH3 is 1. The highest BCUT2D eigenvalue weighted by Crippen LogP contribution is 2.25. The summed E-state index contributed by atoms with van der Waals surface area (Å²) in [6, 6.07) is 9.55. The highest BCUT2D eigenvalue weighted by molar-refractivity contribution is 8.05. The van der Waals surface area contributed by atoms with E-state index in [-0.39, 0.29) is 5.91 Å². The molecule has 0 spiro atoms. The topological polar surface area (TPSA) is 79.8 Å². The van der Waals surface area contributed by atoms with Gasteiger partial charge in [-0.15, -0.1) is 0 Å². The van der Waals surface area contributed by atoms with Crippen LogP contribution >= 0.6 is 11.8 Å². The van der Waals surface area contributed by atoms with Gasteiger partial charge in [0.15, 0.2) is 5.50 Å². The predicted octanol–water partition coefficient (Wildman–Crippen LogP) is 0.814. The summed E-state index contributed by atoms with van der Waals surface area (Å²) in [4.78, 5) is 22.9. The number of ether oxygens (including phenoxy) is 1. The van der Waals surface area contributed by atoms with Gasteiger partial charge >= 0.3 is 5.97 Å². The lowest BCUT2D eigenvalue weighted by atomic mass is 10.2. The van der Waals surface area contributed by atoms with Crippen molar-refractivity contribution < 1.29 is 14.3 Å². The number of thioether (sulfide) groups is 1. The molecule has 1 atom stereocenters. The number of rotatable bonds is 4. The Hall–Kier alpha value is -2.28. The van der Waals surface area contributed by atoms with Crippen LogP contribution in [0.15, 0.2) is 46.4 Å². The number of hydrogen-bond donors (Lipinski definition) is 2. The number of nitrogens with zero attached hydrogens (tertiary/aromatic N) is 1. The molecule has 0 saturated carbocycles. The first-order valence-electron chi connectivity index (χ1n) is 5.80. The number of carbonyl (C=O) groups is 2. The fraction of sp³-hybridized carbons (Fsp3) is 0.154. The summed E-state index contributed by atoms with van der Waals surface area (Å²) in [5.41, 5.74) is 3.33. The molecule has 104 valence electrons. The van der Waals surface area contributed by atoms with Gasteiger partial charge < -0.3 is 10.1 Å². The lowest BCUT2D eigenvalue weighted by molar-refractivity contribution is -0.135. The van der Waals surface area contributed by atoms with Gasteiger partial charge in [0.2, 0.25) is 0 Å². The van der Waals surface area contributed by atoms with E-state index in [1.807, 2.05) is 30.3 Å². The molecule has 0 unspecified atom stereocenters. The van der Waals surface area contributed by atoms with Crippen LogP contribution in [0.1, 0.15) is 5.56 Å². The van der Waals surface area contributed by atoms with E-state index >= 15 is 0 Å². The summed E-state index contributed by atoms with van der Waals surface area (Å²) in [6.45, 7) is 0. The molecule has 1 heterocycles. The summed E-state index contributed by atoms with van der Waals surface area (Å²) < 4.78 is 4.48. The second-order valence-electron chi connectivity index (χ2n) is 3.80. The minimum absolute atomic E-state index is 0.296. The fourth-order valence-corrected chi connectivity index (χ4v) is 2.31. The van der Waals surface area contributed by atoms with Crippen molar-refractivity contribution >= 4 is 29.9 Å². The lowest BCUT2D eigenvalue weighted by Gasteiger charge is -2.06. The minimum Gasteiger partial charge on any atom is -0.466 e. The van der Waals surface area contributed by atoms with Crippen molar-refractivity contribution in [2.75, 3.05) is 7.11 Å². The van der Waals surface area contributed by atoms with E-state index in [9.17, 15) is 9.59 Å². The molecular weight excluding hydrogens is 278 g/mol. The average Bonchev–Trinajstić information content (AvgIpc) is 2.80. The third-order valence-corrected chi connectivity index (χ3v) is 3.40. The Morgan fingerprint density at radius 2 is 2.20 bits per heavy atom. The maximum atomic E-state index is 11.6. The van der Waals surface area contributed by atoms with E-state index in [1.165, 1.54) is 18.9 Å². The summed E-state index contributed by atoms with van der Waals surface area (Å²) in [7, 11) is 1.26. The molecule has 1 aliphatic heterocycles. The first-order chi connectivity index (χ1) is 9.69. The number of benzene rings is 1. The number of hydrogen-bond acceptors (Lipinski definition) is 6. The predicted molar refractivity (Wildman–Crippen MR) is 76.8 cm³/mol. The van der Waals surface area contributed by atoms with Gasteiger partial charge in [0.25, 0.3) is 5.91 Å². The standard InChI is InChI=1S/C13H13N3O3S/c1-19-11(17)7-10-12(18)15-13(20-10)16-14-8-9-5-3-2-4-6-9/h2-8,13,16H,1H3,(H,15,18)/b10-7-,14-8-/t13-/m0/s1. The van der Waals surface area contributed by atoms with E-state index in [4.69, 9.17) is 0 Å². The molecule has 1 aliphatic rings. The van der Waals surface area contributed by atoms with Crippen molar-refractivity contribution in [3.63, 3.8) is 0 Å². The molecule has 0 bridgehead atoms. The van der Waals surface area contributed by atoms with Crippen LogP contribution in [0, 0.1) is 0 Å². The van der Waals surface area contributed by atoms with Crippen molar-refractivity contribution in [1.82, 2.24) is 10.7 Å². The largest absolute Gasteiger partial charge is 0.466 e. The normalized spacial score (nSPS) is 20.1. The van der Waals surface area contributed by atoms with E-state index in [0.717, 1.165) is 11.6 Å². The second-order valence-corrected chi connectivity index (χ2v) is 4.95. The maximum Gasteiger partial charge on any atom is 0.331 e. The Bertz CT molecular complexity index is 557. The maximum absolute atomic E-state index is 11.6.